The summed E-state index contributed by atoms with van der Waals surface area (Å²) in [7, 11) is 0. The fraction of sp³-hybridized carbons (Fsp3) is 0.500. The van der Waals surface area contributed by atoms with E-state index in [2.05, 4.69) is 12.2 Å². The summed E-state index contributed by atoms with van der Waals surface area (Å²) in [4.78, 5) is 12.0. The molecule has 0 radical (unpaired) electrons. The molecule has 1 aromatic rings. The molecule has 2 atom stereocenters. The highest BCUT2D eigenvalue weighted by Gasteiger charge is 2.23. The third-order valence-corrected chi connectivity index (χ3v) is 4.17. The van der Waals surface area contributed by atoms with Crippen LogP contribution in [0.15, 0.2) is 18.2 Å². The number of nitrogens with one attached hydrogen (secondary N) is 1. The molecule has 18 heavy (non-hydrogen) atoms. The summed E-state index contributed by atoms with van der Waals surface area (Å²) in [5, 5.41) is 3.46. The zero-order valence-corrected chi connectivity index (χ0v) is 11.3. The normalized spacial score (nSPS) is 23.0. The average Bonchev–Trinajstić information content (AvgIpc) is 2.75. The third-order valence-electron chi connectivity index (χ3n) is 3.82. The number of hydrogen-bond acceptors (Lipinski definition) is 2. The summed E-state index contributed by atoms with van der Waals surface area (Å²) < 4.78 is 0. The van der Waals surface area contributed by atoms with E-state index in [0.717, 1.165) is 6.54 Å². The molecule has 1 saturated carbocycles. The van der Waals surface area contributed by atoms with Gasteiger partial charge < -0.3 is 11.1 Å². The first-order valence-corrected chi connectivity index (χ1v) is 6.79. The summed E-state index contributed by atoms with van der Waals surface area (Å²) in [6.07, 6.45) is 3.76. The molecular weight excluding hydrogens is 248 g/mol. The number of hydrogen-bond donors (Lipinski definition) is 2. The van der Waals surface area contributed by atoms with Gasteiger partial charge in [0.1, 0.15) is 0 Å². The van der Waals surface area contributed by atoms with Crippen LogP contribution in [-0.2, 0) is 0 Å². The molecule has 2 rings (SSSR count). The van der Waals surface area contributed by atoms with Gasteiger partial charge in [-0.15, -0.1) is 0 Å². The number of benzene rings is 1. The van der Waals surface area contributed by atoms with Gasteiger partial charge in [-0.1, -0.05) is 31.4 Å². The van der Waals surface area contributed by atoms with Crippen LogP contribution in [0.25, 0.3) is 0 Å². The van der Waals surface area contributed by atoms with Crippen LogP contribution in [-0.4, -0.2) is 12.5 Å². The van der Waals surface area contributed by atoms with E-state index in [1.54, 1.807) is 18.2 Å². The monoisotopic (exact) mass is 266 g/mol. The third kappa shape index (κ3) is 2.96. The predicted molar refractivity (Wildman–Crippen MR) is 74.7 cm³/mol. The van der Waals surface area contributed by atoms with Crippen molar-refractivity contribution >= 4 is 23.2 Å². The molecule has 0 aromatic heterocycles. The number of amides is 1. The molecule has 0 spiro atoms. The summed E-state index contributed by atoms with van der Waals surface area (Å²) in [5.74, 6) is 1.25. The predicted octanol–water partition coefficient (Wildman–Crippen LogP) is 3.09. The lowest BCUT2D eigenvalue weighted by molar-refractivity contribution is 0.0944. The first kappa shape index (κ1) is 13.2. The van der Waals surface area contributed by atoms with Gasteiger partial charge in [0.25, 0.3) is 5.91 Å². The number of nitrogens with two attached hydrogens (primary N) is 1. The van der Waals surface area contributed by atoms with Crippen molar-refractivity contribution in [1.29, 1.82) is 0 Å². The fourth-order valence-corrected chi connectivity index (χ4v) is 2.65. The van der Waals surface area contributed by atoms with Crippen molar-refractivity contribution in [3.8, 4) is 0 Å². The number of rotatable bonds is 3. The summed E-state index contributed by atoms with van der Waals surface area (Å²) in [6.45, 7) is 3.01. The van der Waals surface area contributed by atoms with Crippen LogP contribution in [0, 0.1) is 11.8 Å². The van der Waals surface area contributed by atoms with E-state index < -0.39 is 0 Å². The zero-order chi connectivity index (χ0) is 13.1. The van der Waals surface area contributed by atoms with Crippen LogP contribution in [0.1, 0.15) is 36.5 Å². The second kappa shape index (κ2) is 5.61. The molecule has 3 nitrogen and oxygen atoms in total. The van der Waals surface area contributed by atoms with Gasteiger partial charge in [-0.3, -0.25) is 4.79 Å². The van der Waals surface area contributed by atoms with Gasteiger partial charge in [-0.25, -0.2) is 0 Å². The van der Waals surface area contributed by atoms with Gasteiger partial charge in [0.2, 0.25) is 0 Å². The highest BCUT2D eigenvalue weighted by Crippen LogP contribution is 2.30. The van der Waals surface area contributed by atoms with E-state index in [1.807, 2.05) is 0 Å². The molecule has 4 heteroatoms. The Labute approximate surface area is 113 Å². The SMILES string of the molecule is CC1CCCC1CNC(=O)c1ccc(Cl)c(N)c1. The molecule has 0 saturated heterocycles. The van der Waals surface area contributed by atoms with Crippen LogP contribution in [0.4, 0.5) is 5.69 Å². The molecule has 1 amide bonds. The van der Waals surface area contributed by atoms with Gasteiger partial charge in [0, 0.05) is 12.1 Å². The Hall–Kier alpha value is -1.22. The number of anilines is 1. The van der Waals surface area contributed by atoms with Gasteiger partial charge in [0.05, 0.1) is 10.7 Å². The Morgan fingerprint density at radius 2 is 2.28 bits per heavy atom. The molecule has 98 valence electrons. The second-order valence-corrected chi connectivity index (χ2v) is 5.52. The van der Waals surface area contributed by atoms with Crippen molar-refractivity contribution in [2.24, 2.45) is 11.8 Å². The van der Waals surface area contributed by atoms with Crippen LogP contribution in [0.3, 0.4) is 0 Å². The highest BCUT2D eigenvalue weighted by atomic mass is 35.5. The zero-order valence-electron chi connectivity index (χ0n) is 10.6. The first-order valence-electron chi connectivity index (χ1n) is 6.41. The maximum atomic E-state index is 12.0. The quantitative estimate of drug-likeness (QED) is 0.826. The van der Waals surface area contributed by atoms with Gasteiger partial charge in [-0.2, -0.15) is 0 Å². The van der Waals surface area contributed by atoms with Crippen LogP contribution < -0.4 is 11.1 Å². The van der Waals surface area contributed by atoms with Crippen molar-refractivity contribution in [2.75, 3.05) is 12.3 Å². The molecule has 1 aromatic carbocycles. The van der Waals surface area contributed by atoms with E-state index in [4.69, 9.17) is 17.3 Å². The topological polar surface area (TPSA) is 55.1 Å². The lowest BCUT2D eigenvalue weighted by Gasteiger charge is -2.16. The Morgan fingerprint density at radius 3 is 2.89 bits per heavy atom. The average molecular weight is 267 g/mol. The lowest BCUT2D eigenvalue weighted by atomic mass is 9.98. The fourth-order valence-electron chi connectivity index (χ4n) is 2.54. The van der Waals surface area contributed by atoms with Crippen LogP contribution >= 0.6 is 11.6 Å². The number of nitrogen functional groups attached to an aromatic ring is 1. The summed E-state index contributed by atoms with van der Waals surface area (Å²) in [6, 6.07) is 4.98. The summed E-state index contributed by atoms with van der Waals surface area (Å²) >= 11 is 5.83. The molecule has 0 aliphatic heterocycles. The van der Waals surface area contributed by atoms with Gasteiger partial charge >= 0.3 is 0 Å². The first-order chi connectivity index (χ1) is 8.58. The van der Waals surface area contributed by atoms with Crippen molar-refractivity contribution in [3.05, 3.63) is 28.8 Å². The molecule has 1 aliphatic carbocycles. The van der Waals surface area contributed by atoms with Crippen LogP contribution in [0.2, 0.25) is 5.02 Å². The molecular formula is C14H19ClN2O. The van der Waals surface area contributed by atoms with Crippen molar-refractivity contribution in [1.82, 2.24) is 5.32 Å². The molecule has 1 aliphatic rings. The largest absolute Gasteiger partial charge is 0.398 e. The van der Waals surface area contributed by atoms with Crippen molar-refractivity contribution in [3.63, 3.8) is 0 Å². The number of halogens is 1. The molecule has 3 N–H and O–H groups in total. The van der Waals surface area contributed by atoms with Crippen molar-refractivity contribution < 1.29 is 4.79 Å². The van der Waals surface area contributed by atoms with E-state index in [1.165, 1.54) is 19.3 Å². The van der Waals surface area contributed by atoms with E-state index >= 15 is 0 Å². The second-order valence-electron chi connectivity index (χ2n) is 5.11. The van der Waals surface area contributed by atoms with Gasteiger partial charge in [0.15, 0.2) is 0 Å². The minimum absolute atomic E-state index is 0.0718. The Bertz CT molecular complexity index is 447. The maximum absolute atomic E-state index is 12.0. The number of carbonyl (C=O) groups is 1. The minimum atomic E-state index is -0.0718. The Morgan fingerprint density at radius 1 is 1.50 bits per heavy atom. The maximum Gasteiger partial charge on any atom is 0.251 e. The van der Waals surface area contributed by atoms with Gasteiger partial charge in [-0.05, 0) is 36.5 Å². The van der Waals surface area contributed by atoms with E-state index in [9.17, 15) is 4.79 Å². The van der Waals surface area contributed by atoms with Crippen LogP contribution in [0.5, 0.6) is 0 Å². The van der Waals surface area contributed by atoms with Crippen molar-refractivity contribution in [2.45, 2.75) is 26.2 Å². The molecule has 2 unspecified atom stereocenters. The van der Waals surface area contributed by atoms with E-state index in [0.29, 0.717) is 28.1 Å². The number of carbonyl (C=O) groups excluding carboxylic acids is 1. The molecule has 0 bridgehead atoms. The Balaban J connectivity index is 1.93. The molecule has 0 heterocycles. The smallest absolute Gasteiger partial charge is 0.251 e. The Kier molecular flexibility index (Phi) is 4.12. The molecule has 1 fully saturated rings. The van der Waals surface area contributed by atoms with E-state index in [-0.39, 0.29) is 5.91 Å². The lowest BCUT2D eigenvalue weighted by Crippen LogP contribution is -2.30. The highest BCUT2D eigenvalue weighted by molar-refractivity contribution is 6.33. The standard InChI is InChI=1S/C14H19ClN2O/c1-9-3-2-4-11(9)8-17-14(18)10-5-6-12(15)13(16)7-10/h5-7,9,11H,2-4,8,16H2,1H3,(H,17,18). The minimum Gasteiger partial charge on any atom is -0.398 e. The summed E-state index contributed by atoms with van der Waals surface area (Å²) in [5.41, 5.74) is 6.70.